The molecule has 0 atom stereocenters. The van der Waals surface area contributed by atoms with Crippen LogP contribution in [0.2, 0.25) is 0 Å². The number of benzene rings is 2. The minimum absolute atomic E-state index is 0.181. The molecule has 2 heterocycles. The molecule has 7 nitrogen and oxygen atoms in total. The first-order chi connectivity index (χ1) is 15.3. The SMILES string of the molecule is Cc1nn(CC(C)C)c(C)c1CC(=O)Nc1cccc(N2C(=O)c3ccccc3C2=O)c1. The predicted octanol–water partition coefficient (Wildman–Crippen LogP) is 4.14. The molecule has 0 radical (unpaired) electrons. The number of hydrogen-bond donors (Lipinski definition) is 1. The molecular weight excluding hydrogens is 404 g/mol. The van der Waals surface area contributed by atoms with Crippen molar-refractivity contribution in [1.29, 1.82) is 0 Å². The van der Waals surface area contributed by atoms with E-state index >= 15 is 0 Å². The molecule has 1 aromatic heterocycles. The summed E-state index contributed by atoms with van der Waals surface area (Å²) in [5.41, 5.74) is 4.47. The molecule has 3 aromatic rings. The molecule has 0 unspecified atom stereocenters. The van der Waals surface area contributed by atoms with E-state index in [0.717, 1.165) is 28.4 Å². The zero-order valence-electron chi connectivity index (χ0n) is 18.7. The van der Waals surface area contributed by atoms with Crippen molar-refractivity contribution in [1.82, 2.24) is 9.78 Å². The lowest BCUT2D eigenvalue weighted by Crippen LogP contribution is -2.29. The van der Waals surface area contributed by atoms with Gasteiger partial charge in [0, 0.05) is 23.5 Å². The van der Waals surface area contributed by atoms with Crippen LogP contribution >= 0.6 is 0 Å². The fourth-order valence-electron chi connectivity index (χ4n) is 4.03. The van der Waals surface area contributed by atoms with Crippen LogP contribution in [0.25, 0.3) is 0 Å². The van der Waals surface area contributed by atoms with Gasteiger partial charge in [-0.15, -0.1) is 0 Å². The quantitative estimate of drug-likeness (QED) is 0.596. The van der Waals surface area contributed by atoms with Crippen LogP contribution in [-0.4, -0.2) is 27.5 Å². The Bertz CT molecular complexity index is 1190. The summed E-state index contributed by atoms with van der Waals surface area (Å²) in [5.74, 6) is -0.449. The third-order valence-corrected chi connectivity index (χ3v) is 5.59. The number of aromatic nitrogens is 2. The molecule has 7 heteroatoms. The van der Waals surface area contributed by atoms with Crippen LogP contribution in [0.4, 0.5) is 11.4 Å². The summed E-state index contributed by atoms with van der Waals surface area (Å²) in [6, 6.07) is 13.5. The highest BCUT2D eigenvalue weighted by atomic mass is 16.2. The van der Waals surface area contributed by atoms with Gasteiger partial charge in [-0.1, -0.05) is 32.0 Å². The van der Waals surface area contributed by atoms with Crippen LogP contribution < -0.4 is 10.2 Å². The zero-order chi connectivity index (χ0) is 23.0. The van der Waals surface area contributed by atoms with Crippen molar-refractivity contribution in [2.75, 3.05) is 10.2 Å². The van der Waals surface area contributed by atoms with Crippen LogP contribution in [0.15, 0.2) is 48.5 Å². The number of amides is 3. The molecule has 4 rings (SSSR count). The topological polar surface area (TPSA) is 84.3 Å². The Balaban J connectivity index is 1.51. The summed E-state index contributed by atoms with van der Waals surface area (Å²) in [4.78, 5) is 39.4. The summed E-state index contributed by atoms with van der Waals surface area (Å²) < 4.78 is 1.95. The van der Waals surface area contributed by atoms with Gasteiger partial charge in [-0.05, 0) is 50.1 Å². The van der Waals surface area contributed by atoms with Gasteiger partial charge in [0.1, 0.15) is 0 Å². The standard InChI is InChI=1S/C25H26N4O3/c1-15(2)14-28-17(4)22(16(3)27-28)13-23(30)26-18-8-7-9-19(12-18)29-24(31)20-10-5-6-11-21(20)25(29)32/h5-12,15H,13-14H2,1-4H3,(H,26,30). The van der Waals surface area contributed by atoms with Crippen molar-refractivity contribution in [2.45, 2.75) is 40.7 Å². The van der Waals surface area contributed by atoms with Crippen molar-refractivity contribution >= 4 is 29.1 Å². The molecule has 32 heavy (non-hydrogen) atoms. The highest BCUT2D eigenvalue weighted by molar-refractivity contribution is 6.34. The molecule has 0 saturated heterocycles. The van der Waals surface area contributed by atoms with E-state index in [0.29, 0.717) is 28.4 Å². The molecule has 0 saturated carbocycles. The van der Waals surface area contributed by atoms with E-state index in [2.05, 4.69) is 24.3 Å². The Morgan fingerprint density at radius 1 is 1.00 bits per heavy atom. The molecule has 0 bridgehead atoms. The number of carbonyl (C=O) groups excluding carboxylic acids is 3. The number of rotatable bonds is 6. The van der Waals surface area contributed by atoms with E-state index in [1.54, 1.807) is 48.5 Å². The van der Waals surface area contributed by atoms with E-state index in [4.69, 9.17) is 0 Å². The number of aryl methyl sites for hydroxylation is 1. The van der Waals surface area contributed by atoms with Crippen molar-refractivity contribution in [3.8, 4) is 0 Å². The van der Waals surface area contributed by atoms with Crippen molar-refractivity contribution in [2.24, 2.45) is 5.92 Å². The molecule has 1 aliphatic heterocycles. The van der Waals surface area contributed by atoms with Gasteiger partial charge in [-0.3, -0.25) is 19.1 Å². The summed E-state index contributed by atoms with van der Waals surface area (Å²) in [5, 5.41) is 7.45. The summed E-state index contributed by atoms with van der Waals surface area (Å²) in [6.07, 6.45) is 0.201. The highest BCUT2D eigenvalue weighted by Gasteiger charge is 2.36. The highest BCUT2D eigenvalue weighted by Crippen LogP contribution is 2.29. The van der Waals surface area contributed by atoms with Crippen LogP contribution in [0.3, 0.4) is 0 Å². The number of imide groups is 1. The Kier molecular flexibility index (Phi) is 5.65. The van der Waals surface area contributed by atoms with Crippen molar-refractivity contribution in [3.63, 3.8) is 0 Å². The average molecular weight is 431 g/mol. The number of hydrogen-bond acceptors (Lipinski definition) is 4. The molecule has 0 fully saturated rings. The van der Waals surface area contributed by atoms with E-state index in [1.165, 1.54) is 0 Å². The summed E-state index contributed by atoms with van der Waals surface area (Å²) >= 11 is 0. The lowest BCUT2D eigenvalue weighted by Gasteiger charge is -2.15. The smallest absolute Gasteiger partial charge is 0.266 e. The van der Waals surface area contributed by atoms with Gasteiger partial charge >= 0.3 is 0 Å². The van der Waals surface area contributed by atoms with Crippen LogP contribution in [0.1, 0.15) is 51.5 Å². The maximum atomic E-state index is 12.8. The Morgan fingerprint density at radius 2 is 1.66 bits per heavy atom. The lowest BCUT2D eigenvalue weighted by molar-refractivity contribution is -0.115. The Morgan fingerprint density at radius 3 is 2.28 bits per heavy atom. The summed E-state index contributed by atoms with van der Waals surface area (Å²) in [7, 11) is 0. The number of nitrogens with one attached hydrogen (secondary N) is 1. The zero-order valence-corrected chi connectivity index (χ0v) is 18.7. The first-order valence-corrected chi connectivity index (χ1v) is 10.7. The molecular formula is C25H26N4O3. The minimum Gasteiger partial charge on any atom is -0.326 e. The largest absolute Gasteiger partial charge is 0.326 e. The van der Waals surface area contributed by atoms with Gasteiger partial charge in [0.15, 0.2) is 0 Å². The number of carbonyl (C=O) groups is 3. The number of anilines is 2. The van der Waals surface area contributed by atoms with E-state index in [9.17, 15) is 14.4 Å². The first kappa shape index (κ1) is 21.5. The van der Waals surface area contributed by atoms with Crippen molar-refractivity contribution in [3.05, 3.63) is 76.6 Å². The van der Waals surface area contributed by atoms with E-state index in [-0.39, 0.29) is 24.1 Å². The second kappa shape index (κ2) is 8.42. The maximum Gasteiger partial charge on any atom is 0.266 e. The number of fused-ring (bicyclic) bond motifs is 1. The third-order valence-electron chi connectivity index (χ3n) is 5.59. The van der Waals surface area contributed by atoms with E-state index < -0.39 is 0 Å². The Hall–Kier alpha value is -3.74. The van der Waals surface area contributed by atoms with E-state index in [1.807, 2.05) is 18.5 Å². The average Bonchev–Trinajstić information content (AvgIpc) is 3.15. The second-order valence-electron chi connectivity index (χ2n) is 8.49. The first-order valence-electron chi connectivity index (χ1n) is 10.7. The molecule has 0 aliphatic carbocycles. The van der Waals surface area contributed by atoms with Gasteiger partial charge in [-0.2, -0.15) is 5.10 Å². The predicted molar refractivity (Wildman–Crippen MR) is 123 cm³/mol. The molecule has 2 aromatic carbocycles. The molecule has 3 amide bonds. The molecule has 164 valence electrons. The van der Waals surface area contributed by atoms with Crippen LogP contribution in [0.5, 0.6) is 0 Å². The van der Waals surface area contributed by atoms with Gasteiger partial charge in [0.25, 0.3) is 11.8 Å². The fraction of sp³-hybridized carbons (Fsp3) is 0.280. The van der Waals surface area contributed by atoms with Crippen molar-refractivity contribution < 1.29 is 14.4 Å². The molecule has 1 N–H and O–H groups in total. The van der Waals surface area contributed by atoms with Gasteiger partial charge in [-0.25, -0.2) is 4.90 Å². The monoisotopic (exact) mass is 430 g/mol. The second-order valence-corrected chi connectivity index (χ2v) is 8.49. The molecule has 1 aliphatic rings. The third kappa shape index (κ3) is 3.93. The van der Waals surface area contributed by atoms with Crippen LogP contribution in [0, 0.1) is 19.8 Å². The van der Waals surface area contributed by atoms with Gasteiger partial charge < -0.3 is 5.32 Å². The summed E-state index contributed by atoms with van der Waals surface area (Å²) in [6.45, 7) is 8.95. The van der Waals surface area contributed by atoms with Gasteiger partial charge in [0.05, 0.1) is 28.9 Å². The Labute approximate surface area is 187 Å². The lowest BCUT2D eigenvalue weighted by atomic mass is 10.1. The normalized spacial score (nSPS) is 13.1. The fourth-order valence-corrected chi connectivity index (χ4v) is 4.03. The number of nitrogens with zero attached hydrogens (tertiary/aromatic N) is 3. The maximum absolute atomic E-state index is 12.8. The minimum atomic E-state index is -0.363. The van der Waals surface area contributed by atoms with Crippen LogP contribution in [-0.2, 0) is 17.8 Å². The molecule has 0 spiro atoms. The van der Waals surface area contributed by atoms with Gasteiger partial charge in [0.2, 0.25) is 5.91 Å².